The maximum absolute atomic E-state index is 12.7. The van der Waals surface area contributed by atoms with Crippen LogP contribution in [0.5, 0.6) is 0 Å². The fourth-order valence-electron chi connectivity index (χ4n) is 5.00. The predicted molar refractivity (Wildman–Crippen MR) is 127 cm³/mol. The van der Waals surface area contributed by atoms with Crippen LogP contribution in [0, 0.1) is 0 Å². The molecule has 2 aliphatic rings. The van der Waals surface area contributed by atoms with Crippen LogP contribution in [0.3, 0.4) is 0 Å². The lowest BCUT2D eigenvalue weighted by atomic mass is 9.98. The Morgan fingerprint density at radius 2 is 1.71 bits per heavy atom. The van der Waals surface area contributed by atoms with Crippen LogP contribution < -0.4 is 5.32 Å². The Morgan fingerprint density at radius 1 is 1.11 bits per heavy atom. The standard InChI is InChI=1S/C26H30N2O7/c1-26(24(31)32)12-17(34-2)14-28(26)23(30)11-16(29)13-27-25(33)35-15-22-20-9-5-3-7-18(20)19-8-4-6-10-21(19)22/h3-10,16-17,22,29H,11-15H2,1-2H3,(H,27,33)(H,31,32). The molecule has 35 heavy (non-hydrogen) atoms. The molecule has 4 rings (SSSR count). The number of carboxylic acid groups (broad SMARTS) is 1. The van der Waals surface area contributed by atoms with Crippen molar-refractivity contribution in [1.29, 1.82) is 0 Å². The van der Waals surface area contributed by atoms with Crippen LogP contribution in [0.25, 0.3) is 11.1 Å². The number of carbonyl (C=O) groups is 3. The van der Waals surface area contributed by atoms with E-state index in [2.05, 4.69) is 5.32 Å². The van der Waals surface area contributed by atoms with Gasteiger partial charge in [0.15, 0.2) is 0 Å². The van der Waals surface area contributed by atoms with Crippen molar-refractivity contribution in [2.24, 2.45) is 0 Å². The topological polar surface area (TPSA) is 125 Å². The van der Waals surface area contributed by atoms with E-state index in [9.17, 15) is 24.6 Å². The molecule has 2 aromatic carbocycles. The largest absolute Gasteiger partial charge is 0.480 e. The highest BCUT2D eigenvalue weighted by Gasteiger charge is 2.50. The van der Waals surface area contributed by atoms with E-state index >= 15 is 0 Å². The number of likely N-dealkylation sites (tertiary alicyclic amines) is 1. The number of nitrogens with zero attached hydrogens (tertiary/aromatic N) is 1. The fourth-order valence-corrected chi connectivity index (χ4v) is 5.00. The van der Waals surface area contributed by atoms with Gasteiger partial charge in [-0.25, -0.2) is 9.59 Å². The van der Waals surface area contributed by atoms with Crippen molar-refractivity contribution in [3.63, 3.8) is 0 Å². The molecule has 1 fully saturated rings. The summed E-state index contributed by atoms with van der Waals surface area (Å²) in [5, 5.41) is 22.4. The third-order valence-electron chi connectivity index (χ3n) is 6.94. The fraction of sp³-hybridized carbons (Fsp3) is 0.423. The zero-order chi connectivity index (χ0) is 25.2. The molecule has 3 unspecified atom stereocenters. The number of nitrogens with one attached hydrogen (secondary N) is 1. The summed E-state index contributed by atoms with van der Waals surface area (Å²) in [5.74, 6) is -1.73. The number of amides is 2. The van der Waals surface area contributed by atoms with Crippen molar-refractivity contribution in [3.8, 4) is 11.1 Å². The Kier molecular flexibility index (Phi) is 7.09. The maximum Gasteiger partial charge on any atom is 0.407 e. The molecule has 0 saturated carbocycles. The monoisotopic (exact) mass is 482 g/mol. The summed E-state index contributed by atoms with van der Waals surface area (Å²) in [5.41, 5.74) is 3.02. The molecule has 1 saturated heterocycles. The van der Waals surface area contributed by atoms with Crippen LogP contribution in [0.1, 0.15) is 36.8 Å². The number of carbonyl (C=O) groups excluding carboxylic acids is 2. The first-order valence-corrected chi connectivity index (χ1v) is 11.6. The second kappa shape index (κ2) is 10.1. The molecule has 9 nitrogen and oxygen atoms in total. The number of benzene rings is 2. The molecule has 2 amide bonds. The molecule has 0 bridgehead atoms. The molecule has 186 valence electrons. The third-order valence-corrected chi connectivity index (χ3v) is 6.94. The van der Waals surface area contributed by atoms with Gasteiger partial charge in [0.1, 0.15) is 12.1 Å². The Balaban J connectivity index is 1.29. The number of carboxylic acids is 1. The molecule has 3 atom stereocenters. The van der Waals surface area contributed by atoms with Crippen LogP contribution in [0.2, 0.25) is 0 Å². The van der Waals surface area contributed by atoms with E-state index in [1.807, 2.05) is 48.5 Å². The van der Waals surface area contributed by atoms with Crippen LogP contribution >= 0.6 is 0 Å². The first kappa shape index (κ1) is 24.7. The first-order chi connectivity index (χ1) is 16.7. The van der Waals surface area contributed by atoms with Crippen LogP contribution in [0.15, 0.2) is 48.5 Å². The van der Waals surface area contributed by atoms with Gasteiger partial charge in [-0.2, -0.15) is 0 Å². The number of aliphatic hydroxyl groups is 1. The predicted octanol–water partition coefficient (Wildman–Crippen LogP) is 2.37. The Hall–Kier alpha value is -3.43. The highest BCUT2D eigenvalue weighted by molar-refractivity contribution is 5.88. The number of aliphatic hydroxyl groups excluding tert-OH is 1. The molecule has 2 aromatic rings. The minimum atomic E-state index is -1.41. The Bertz CT molecular complexity index is 1070. The summed E-state index contributed by atoms with van der Waals surface area (Å²) in [6.45, 7) is 1.53. The number of fused-ring (bicyclic) bond motifs is 3. The maximum atomic E-state index is 12.7. The van der Waals surface area contributed by atoms with Gasteiger partial charge in [0.05, 0.1) is 18.6 Å². The highest BCUT2D eigenvalue weighted by atomic mass is 16.5. The zero-order valence-corrected chi connectivity index (χ0v) is 19.8. The van der Waals surface area contributed by atoms with Gasteiger partial charge in [-0.05, 0) is 29.2 Å². The van der Waals surface area contributed by atoms with Crippen LogP contribution in [0.4, 0.5) is 4.79 Å². The second-order valence-corrected chi connectivity index (χ2v) is 9.21. The van der Waals surface area contributed by atoms with Crippen molar-refractivity contribution in [3.05, 3.63) is 59.7 Å². The number of ether oxygens (including phenoxy) is 2. The van der Waals surface area contributed by atoms with Crippen molar-refractivity contribution < 1.29 is 34.1 Å². The van der Waals surface area contributed by atoms with Crippen molar-refractivity contribution in [1.82, 2.24) is 10.2 Å². The summed E-state index contributed by atoms with van der Waals surface area (Å²) in [4.78, 5) is 38.0. The van der Waals surface area contributed by atoms with E-state index in [1.54, 1.807) is 0 Å². The third kappa shape index (κ3) is 4.87. The van der Waals surface area contributed by atoms with Gasteiger partial charge < -0.3 is 29.9 Å². The molecule has 1 aliphatic carbocycles. The van der Waals surface area contributed by atoms with Crippen molar-refractivity contribution in [2.75, 3.05) is 26.8 Å². The van der Waals surface area contributed by atoms with E-state index in [-0.39, 0.29) is 38.5 Å². The summed E-state index contributed by atoms with van der Waals surface area (Å²) in [6, 6.07) is 16.0. The summed E-state index contributed by atoms with van der Waals surface area (Å²) < 4.78 is 10.7. The lowest BCUT2D eigenvalue weighted by Gasteiger charge is -2.31. The SMILES string of the molecule is COC1CN(C(=O)CC(O)CNC(=O)OCC2c3ccccc3-c3ccccc32)C(C)(C(=O)O)C1. The minimum Gasteiger partial charge on any atom is -0.480 e. The number of methoxy groups -OCH3 is 1. The van der Waals surface area contributed by atoms with Gasteiger partial charge in [-0.15, -0.1) is 0 Å². The van der Waals surface area contributed by atoms with E-state index in [0.717, 1.165) is 22.3 Å². The Labute approximate surface area is 203 Å². The minimum absolute atomic E-state index is 0.0859. The Morgan fingerprint density at radius 3 is 2.29 bits per heavy atom. The lowest BCUT2D eigenvalue weighted by Crippen LogP contribution is -2.51. The second-order valence-electron chi connectivity index (χ2n) is 9.21. The van der Waals surface area contributed by atoms with Crippen molar-refractivity contribution in [2.45, 2.75) is 43.4 Å². The number of rotatable bonds is 8. The summed E-state index contributed by atoms with van der Waals surface area (Å²) in [7, 11) is 1.47. The molecule has 0 spiro atoms. The van der Waals surface area contributed by atoms with Gasteiger partial charge in [-0.1, -0.05) is 48.5 Å². The highest BCUT2D eigenvalue weighted by Crippen LogP contribution is 2.44. The molecule has 1 heterocycles. The van der Waals surface area contributed by atoms with E-state index < -0.39 is 35.7 Å². The van der Waals surface area contributed by atoms with E-state index in [0.29, 0.717) is 0 Å². The molecular weight excluding hydrogens is 452 g/mol. The summed E-state index contributed by atoms with van der Waals surface area (Å²) >= 11 is 0. The average Bonchev–Trinajstić information content (AvgIpc) is 3.37. The first-order valence-electron chi connectivity index (χ1n) is 11.6. The lowest BCUT2D eigenvalue weighted by molar-refractivity contribution is -0.156. The van der Waals surface area contributed by atoms with Crippen LogP contribution in [-0.2, 0) is 19.1 Å². The van der Waals surface area contributed by atoms with Gasteiger partial charge in [0.2, 0.25) is 5.91 Å². The molecule has 1 aliphatic heterocycles. The van der Waals surface area contributed by atoms with Crippen molar-refractivity contribution >= 4 is 18.0 Å². The molecule has 3 N–H and O–H groups in total. The van der Waals surface area contributed by atoms with Gasteiger partial charge in [0, 0.05) is 32.5 Å². The molecule has 9 heteroatoms. The van der Waals surface area contributed by atoms with E-state index in [1.165, 1.54) is 18.9 Å². The number of hydrogen-bond donors (Lipinski definition) is 3. The molecular formula is C26H30N2O7. The smallest absolute Gasteiger partial charge is 0.407 e. The number of alkyl carbamates (subject to hydrolysis) is 1. The molecule has 0 radical (unpaired) electrons. The van der Waals surface area contributed by atoms with E-state index in [4.69, 9.17) is 9.47 Å². The van der Waals surface area contributed by atoms with Crippen LogP contribution in [-0.4, -0.2) is 77.6 Å². The summed E-state index contributed by atoms with van der Waals surface area (Å²) in [6.07, 6.45) is -2.45. The average molecular weight is 483 g/mol. The van der Waals surface area contributed by atoms with Gasteiger partial charge >= 0.3 is 12.1 Å². The van der Waals surface area contributed by atoms with Gasteiger partial charge in [0.25, 0.3) is 0 Å². The quantitative estimate of drug-likeness (QED) is 0.527. The normalized spacial score (nSPS) is 21.8. The van der Waals surface area contributed by atoms with Gasteiger partial charge in [-0.3, -0.25) is 4.79 Å². The number of hydrogen-bond acceptors (Lipinski definition) is 6. The zero-order valence-electron chi connectivity index (χ0n) is 19.8. The number of aliphatic carboxylic acids is 1. The molecule has 0 aromatic heterocycles.